The zero-order valence-corrected chi connectivity index (χ0v) is 15.6. The molecule has 1 aromatic heterocycles. The van der Waals surface area contributed by atoms with Crippen LogP contribution in [0.3, 0.4) is 0 Å². The molecular formula is C20H23ClN2O3. The second-order valence-corrected chi connectivity index (χ2v) is 7.21. The molecule has 0 bridgehead atoms. The van der Waals surface area contributed by atoms with E-state index in [2.05, 4.69) is 4.98 Å². The first-order valence-corrected chi connectivity index (χ1v) is 9.08. The lowest BCUT2D eigenvalue weighted by Gasteiger charge is -2.38. The average molecular weight is 375 g/mol. The number of pyridine rings is 1. The van der Waals surface area contributed by atoms with E-state index in [-0.39, 0.29) is 12.3 Å². The summed E-state index contributed by atoms with van der Waals surface area (Å²) in [7, 11) is 1.58. The molecule has 2 heterocycles. The zero-order valence-electron chi connectivity index (χ0n) is 14.8. The van der Waals surface area contributed by atoms with Crippen LogP contribution in [0.4, 0.5) is 0 Å². The number of aliphatic hydroxyl groups is 1. The maximum atomic E-state index is 12.7. The van der Waals surface area contributed by atoms with Crippen molar-refractivity contribution in [3.05, 3.63) is 58.9 Å². The minimum atomic E-state index is -0.772. The van der Waals surface area contributed by atoms with Crippen LogP contribution in [0.5, 0.6) is 5.75 Å². The van der Waals surface area contributed by atoms with Gasteiger partial charge in [0.1, 0.15) is 5.75 Å². The van der Waals surface area contributed by atoms with Gasteiger partial charge in [0.25, 0.3) is 0 Å². The topological polar surface area (TPSA) is 62.7 Å². The van der Waals surface area contributed by atoms with Crippen molar-refractivity contribution >= 4 is 17.5 Å². The van der Waals surface area contributed by atoms with E-state index in [1.54, 1.807) is 42.6 Å². The minimum Gasteiger partial charge on any atom is -0.496 e. The average Bonchev–Trinajstić information content (AvgIpc) is 2.63. The van der Waals surface area contributed by atoms with Crippen LogP contribution in [0.2, 0.25) is 5.02 Å². The molecule has 1 saturated heterocycles. The van der Waals surface area contributed by atoms with E-state index in [1.807, 2.05) is 12.1 Å². The number of aromatic nitrogens is 1. The van der Waals surface area contributed by atoms with Crippen molar-refractivity contribution in [2.45, 2.75) is 31.3 Å². The Balaban J connectivity index is 1.59. The number of hydrogen-bond acceptors (Lipinski definition) is 4. The number of piperidine rings is 1. The van der Waals surface area contributed by atoms with Crippen molar-refractivity contribution in [2.75, 3.05) is 20.2 Å². The lowest BCUT2D eigenvalue weighted by Crippen LogP contribution is -2.48. The van der Waals surface area contributed by atoms with Crippen LogP contribution in [0.15, 0.2) is 42.7 Å². The SMILES string of the molecule is COc1ccc(Cl)cc1CC(=O)N1CCC(O)(Cc2ccncc2)CC1. The van der Waals surface area contributed by atoms with Crippen molar-refractivity contribution in [3.8, 4) is 5.75 Å². The normalized spacial score (nSPS) is 16.3. The summed E-state index contributed by atoms with van der Waals surface area (Å²) in [6.45, 7) is 1.09. The first-order valence-electron chi connectivity index (χ1n) is 8.70. The number of nitrogens with zero attached hydrogens (tertiary/aromatic N) is 2. The smallest absolute Gasteiger partial charge is 0.227 e. The Labute approximate surface area is 158 Å². The first kappa shape index (κ1) is 18.7. The number of benzene rings is 1. The summed E-state index contributed by atoms with van der Waals surface area (Å²) in [5.41, 5.74) is 1.07. The van der Waals surface area contributed by atoms with Gasteiger partial charge in [0.15, 0.2) is 0 Å². The highest BCUT2D eigenvalue weighted by Gasteiger charge is 2.34. The monoisotopic (exact) mass is 374 g/mol. The highest BCUT2D eigenvalue weighted by atomic mass is 35.5. The van der Waals surface area contributed by atoms with Crippen LogP contribution >= 0.6 is 11.6 Å². The van der Waals surface area contributed by atoms with Gasteiger partial charge in [-0.1, -0.05) is 11.6 Å². The fraction of sp³-hybridized carbons (Fsp3) is 0.400. The summed E-state index contributed by atoms with van der Waals surface area (Å²) in [5, 5.41) is 11.4. The van der Waals surface area contributed by atoms with E-state index in [1.165, 1.54) is 0 Å². The molecule has 2 aromatic rings. The molecule has 1 aliphatic rings. The Hall–Kier alpha value is -2.11. The predicted molar refractivity (Wildman–Crippen MR) is 100 cm³/mol. The Morgan fingerprint density at radius 1 is 1.27 bits per heavy atom. The lowest BCUT2D eigenvalue weighted by atomic mass is 9.85. The molecule has 138 valence electrons. The van der Waals surface area contributed by atoms with Gasteiger partial charge in [-0.05, 0) is 48.7 Å². The summed E-state index contributed by atoms with van der Waals surface area (Å²) < 4.78 is 5.31. The molecule has 26 heavy (non-hydrogen) atoms. The maximum absolute atomic E-state index is 12.7. The molecule has 0 saturated carbocycles. The van der Waals surface area contributed by atoms with Gasteiger partial charge in [-0.2, -0.15) is 0 Å². The maximum Gasteiger partial charge on any atom is 0.227 e. The Morgan fingerprint density at radius 2 is 1.96 bits per heavy atom. The molecule has 0 spiro atoms. The van der Waals surface area contributed by atoms with Crippen LogP contribution in [0.25, 0.3) is 0 Å². The van der Waals surface area contributed by atoms with Gasteiger partial charge in [0.2, 0.25) is 5.91 Å². The van der Waals surface area contributed by atoms with Crippen molar-refractivity contribution in [1.29, 1.82) is 0 Å². The highest BCUT2D eigenvalue weighted by Crippen LogP contribution is 2.28. The fourth-order valence-corrected chi connectivity index (χ4v) is 3.58. The third-order valence-electron chi connectivity index (χ3n) is 4.91. The first-order chi connectivity index (χ1) is 12.5. The van der Waals surface area contributed by atoms with Crippen LogP contribution in [-0.4, -0.2) is 46.7 Å². The van der Waals surface area contributed by atoms with E-state index >= 15 is 0 Å². The van der Waals surface area contributed by atoms with Crippen LogP contribution < -0.4 is 4.74 Å². The summed E-state index contributed by atoms with van der Waals surface area (Å²) in [5.74, 6) is 0.686. The van der Waals surface area contributed by atoms with Crippen LogP contribution in [0.1, 0.15) is 24.0 Å². The van der Waals surface area contributed by atoms with Gasteiger partial charge in [0.05, 0.1) is 19.1 Å². The number of likely N-dealkylation sites (tertiary alicyclic amines) is 1. The van der Waals surface area contributed by atoms with Crippen molar-refractivity contribution in [2.24, 2.45) is 0 Å². The molecule has 3 rings (SSSR count). The molecule has 0 aliphatic carbocycles. The number of amides is 1. The molecule has 1 amide bonds. The number of carbonyl (C=O) groups excluding carboxylic acids is 1. The van der Waals surface area contributed by atoms with E-state index in [0.29, 0.717) is 43.1 Å². The van der Waals surface area contributed by atoms with Gasteiger partial charge in [-0.25, -0.2) is 0 Å². The summed E-state index contributed by atoms with van der Waals surface area (Å²) >= 11 is 6.04. The van der Waals surface area contributed by atoms with E-state index < -0.39 is 5.60 Å². The number of hydrogen-bond donors (Lipinski definition) is 1. The summed E-state index contributed by atoms with van der Waals surface area (Å²) in [6.07, 6.45) is 5.42. The molecule has 1 aromatic carbocycles. The standard InChI is InChI=1S/C20H23ClN2O3/c1-26-18-3-2-17(21)12-16(18)13-19(24)23-10-6-20(25,7-11-23)14-15-4-8-22-9-5-15/h2-5,8-9,12,25H,6-7,10-11,13-14H2,1H3. The van der Waals surface area contributed by atoms with Gasteiger partial charge < -0.3 is 14.7 Å². The number of carbonyl (C=O) groups is 1. The molecule has 0 radical (unpaired) electrons. The third-order valence-corrected chi connectivity index (χ3v) is 5.15. The van der Waals surface area contributed by atoms with Crippen molar-refractivity contribution in [3.63, 3.8) is 0 Å². The second-order valence-electron chi connectivity index (χ2n) is 6.77. The molecule has 0 atom stereocenters. The Morgan fingerprint density at radius 3 is 2.62 bits per heavy atom. The predicted octanol–water partition coefficient (Wildman–Crippen LogP) is 2.88. The number of rotatable bonds is 5. The van der Waals surface area contributed by atoms with Crippen LogP contribution in [-0.2, 0) is 17.6 Å². The van der Waals surface area contributed by atoms with E-state index in [9.17, 15) is 9.90 Å². The summed E-state index contributed by atoms with van der Waals surface area (Å²) in [4.78, 5) is 18.5. The quantitative estimate of drug-likeness (QED) is 0.874. The number of halogens is 1. The molecule has 0 unspecified atom stereocenters. The molecule has 5 nitrogen and oxygen atoms in total. The Kier molecular flexibility index (Phi) is 5.79. The molecule has 1 fully saturated rings. The molecule has 1 N–H and O–H groups in total. The third kappa shape index (κ3) is 4.54. The van der Waals surface area contributed by atoms with Gasteiger partial charge in [-0.15, -0.1) is 0 Å². The molecular weight excluding hydrogens is 352 g/mol. The van der Waals surface area contributed by atoms with Gasteiger partial charge in [0, 0.05) is 42.5 Å². The zero-order chi connectivity index (χ0) is 18.6. The minimum absolute atomic E-state index is 0.0246. The second kappa shape index (κ2) is 8.06. The van der Waals surface area contributed by atoms with Crippen molar-refractivity contribution in [1.82, 2.24) is 9.88 Å². The van der Waals surface area contributed by atoms with E-state index in [4.69, 9.17) is 16.3 Å². The molecule has 6 heteroatoms. The van der Waals surface area contributed by atoms with Gasteiger partial charge in [-0.3, -0.25) is 9.78 Å². The molecule has 1 aliphatic heterocycles. The highest BCUT2D eigenvalue weighted by molar-refractivity contribution is 6.30. The number of methoxy groups -OCH3 is 1. The van der Waals surface area contributed by atoms with E-state index in [0.717, 1.165) is 11.1 Å². The lowest BCUT2D eigenvalue weighted by molar-refractivity contribution is -0.134. The van der Waals surface area contributed by atoms with Gasteiger partial charge >= 0.3 is 0 Å². The largest absolute Gasteiger partial charge is 0.496 e. The fourth-order valence-electron chi connectivity index (χ4n) is 3.39. The summed E-state index contributed by atoms with van der Waals surface area (Å²) in [6, 6.07) is 9.12. The van der Waals surface area contributed by atoms with Crippen LogP contribution in [0, 0.1) is 0 Å². The van der Waals surface area contributed by atoms with Crippen molar-refractivity contribution < 1.29 is 14.6 Å². The Bertz CT molecular complexity index is 759. The number of ether oxygens (including phenoxy) is 1.